The summed E-state index contributed by atoms with van der Waals surface area (Å²) >= 11 is 0. The third-order valence-corrected chi connectivity index (χ3v) is 8.14. The highest BCUT2D eigenvalue weighted by atomic mass is 32.2. The first-order valence-corrected chi connectivity index (χ1v) is 12.7. The van der Waals surface area contributed by atoms with Gasteiger partial charge in [0, 0.05) is 52.4 Å². The molecule has 0 saturated carbocycles. The zero-order chi connectivity index (χ0) is 22.4. The third kappa shape index (κ3) is 5.45. The van der Waals surface area contributed by atoms with Crippen molar-refractivity contribution in [2.75, 3.05) is 58.9 Å². The number of hydrogen-bond acceptors (Lipinski definition) is 5. The van der Waals surface area contributed by atoms with Gasteiger partial charge in [-0.2, -0.15) is 4.31 Å². The number of amides is 2. The number of carbonyl (C=O) groups is 2. The highest BCUT2D eigenvalue weighted by molar-refractivity contribution is 7.89. The lowest BCUT2D eigenvalue weighted by molar-refractivity contribution is -0.132. The molecular weight excluding hydrogens is 416 g/mol. The maximum absolute atomic E-state index is 13.2. The predicted octanol–water partition coefficient (Wildman–Crippen LogP) is 1.49. The van der Waals surface area contributed by atoms with E-state index in [4.69, 9.17) is 0 Å². The first-order valence-electron chi connectivity index (χ1n) is 11.3. The second-order valence-electron chi connectivity index (χ2n) is 8.10. The quantitative estimate of drug-likeness (QED) is 0.629. The molecule has 0 atom stereocenters. The van der Waals surface area contributed by atoms with Gasteiger partial charge in [0.1, 0.15) is 0 Å². The number of benzene rings is 1. The summed E-state index contributed by atoms with van der Waals surface area (Å²) < 4.78 is 27.9. The summed E-state index contributed by atoms with van der Waals surface area (Å²) in [4.78, 5) is 31.2. The Kier molecular flexibility index (Phi) is 8.07. The molecule has 2 fully saturated rings. The minimum Gasteiger partial charge on any atom is -0.342 e. The van der Waals surface area contributed by atoms with E-state index in [0.29, 0.717) is 58.9 Å². The van der Waals surface area contributed by atoms with Crippen LogP contribution in [0, 0.1) is 0 Å². The van der Waals surface area contributed by atoms with Crippen molar-refractivity contribution < 1.29 is 18.0 Å². The summed E-state index contributed by atoms with van der Waals surface area (Å²) in [5.74, 6) is -0.159. The zero-order valence-electron chi connectivity index (χ0n) is 18.6. The van der Waals surface area contributed by atoms with Crippen LogP contribution in [-0.2, 0) is 14.8 Å². The Morgan fingerprint density at radius 1 is 0.903 bits per heavy atom. The molecule has 2 aliphatic rings. The summed E-state index contributed by atoms with van der Waals surface area (Å²) in [6, 6.07) is 6.53. The van der Waals surface area contributed by atoms with Crippen LogP contribution >= 0.6 is 0 Å². The lowest BCUT2D eigenvalue weighted by atomic mass is 10.1. The fourth-order valence-corrected chi connectivity index (χ4v) is 5.96. The van der Waals surface area contributed by atoms with E-state index < -0.39 is 10.0 Å². The zero-order valence-corrected chi connectivity index (χ0v) is 19.4. The molecule has 9 heteroatoms. The summed E-state index contributed by atoms with van der Waals surface area (Å²) in [6.07, 6.45) is 2.74. The smallest absolute Gasteiger partial charge is 0.255 e. The standard InChI is InChI=1S/C22H34N4O4S/c1-3-24(4-2)21(27)18-23-14-16-25(17-15-23)22(28)19-10-6-7-11-20(19)31(29,30)26-12-8-5-9-13-26/h6-7,10-11H,3-5,8-9,12-18H2,1-2H3. The van der Waals surface area contributed by atoms with Gasteiger partial charge >= 0.3 is 0 Å². The number of piperazine rings is 1. The molecule has 0 aromatic heterocycles. The van der Waals surface area contributed by atoms with E-state index in [-0.39, 0.29) is 22.3 Å². The van der Waals surface area contributed by atoms with Crippen molar-refractivity contribution in [3.8, 4) is 0 Å². The van der Waals surface area contributed by atoms with Gasteiger partial charge in [-0.25, -0.2) is 8.42 Å². The van der Waals surface area contributed by atoms with Crippen molar-refractivity contribution in [2.24, 2.45) is 0 Å². The molecule has 1 aromatic carbocycles. The molecule has 0 spiro atoms. The van der Waals surface area contributed by atoms with Crippen molar-refractivity contribution in [3.05, 3.63) is 29.8 Å². The third-order valence-electron chi connectivity index (χ3n) is 6.18. The monoisotopic (exact) mass is 450 g/mol. The Hall–Kier alpha value is -1.97. The van der Waals surface area contributed by atoms with Gasteiger partial charge in [-0.1, -0.05) is 18.6 Å². The summed E-state index contributed by atoms with van der Waals surface area (Å²) in [7, 11) is -3.69. The molecule has 0 N–H and O–H groups in total. The van der Waals surface area contributed by atoms with Gasteiger partial charge in [-0.15, -0.1) is 0 Å². The molecule has 0 radical (unpaired) electrons. The second kappa shape index (κ2) is 10.6. The van der Waals surface area contributed by atoms with Crippen molar-refractivity contribution in [2.45, 2.75) is 38.0 Å². The Morgan fingerprint density at radius 2 is 1.52 bits per heavy atom. The van der Waals surface area contributed by atoms with Crippen LogP contribution in [0.3, 0.4) is 0 Å². The molecule has 2 saturated heterocycles. The number of carbonyl (C=O) groups excluding carboxylic acids is 2. The number of sulfonamides is 1. The molecule has 0 aliphatic carbocycles. The van der Waals surface area contributed by atoms with Crippen LogP contribution < -0.4 is 0 Å². The average Bonchev–Trinajstić information content (AvgIpc) is 2.80. The topological polar surface area (TPSA) is 81.2 Å². The minimum absolute atomic E-state index is 0.0982. The first kappa shape index (κ1) is 23.7. The molecule has 0 unspecified atom stereocenters. The Labute approximate surface area is 185 Å². The maximum Gasteiger partial charge on any atom is 0.255 e. The molecule has 2 amide bonds. The maximum atomic E-state index is 13.2. The number of likely N-dealkylation sites (N-methyl/N-ethyl adjacent to an activating group) is 1. The van der Waals surface area contributed by atoms with Crippen molar-refractivity contribution >= 4 is 21.8 Å². The molecule has 3 rings (SSSR count). The number of nitrogens with zero attached hydrogens (tertiary/aromatic N) is 4. The first-order chi connectivity index (χ1) is 14.9. The van der Waals surface area contributed by atoms with Crippen LogP contribution in [0.25, 0.3) is 0 Å². The highest BCUT2D eigenvalue weighted by Gasteiger charge is 2.32. The van der Waals surface area contributed by atoms with Gasteiger partial charge in [-0.3, -0.25) is 14.5 Å². The van der Waals surface area contributed by atoms with E-state index in [0.717, 1.165) is 19.3 Å². The van der Waals surface area contributed by atoms with Crippen LogP contribution in [-0.4, -0.2) is 98.1 Å². The summed E-state index contributed by atoms with van der Waals surface area (Å²) in [5, 5.41) is 0. The minimum atomic E-state index is -3.69. The summed E-state index contributed by atoms with van der Waals surface area (Å²) in [6.45, 7) is 8.81. The van der Waals surface area contributed by atoms with Crippen LogP contribution in [0.2, 0.25) is 0 Å². The largest absolute Gasteiger partial charge is 0.342 e. The van der Waals surface area contributed by atoms with Gasteiger partial charge in [-0.05, 0) is 38.8 Å². The van der Waals surface area contributed by atoms with E-state index >= 15 is 0 Å². The average molecular weight is 451 g/mol. The van der Waals surface area contributed by atoms with E-state index in [1.165, 1.54) is 10.4 Å². The van der Waals surface area contributed by atoms with Gasteiger partial charge in [0.15, 0.2) is 0 Å². The van der Waals surface area contributed by atoms with E-state index in [2.05, 4.69) is 4.90 Å². The molecule has 2 heterocycles. The van der Waals surface area contributed by atoms with Crippen molar-refractivity contribution in [3.63, 3.8) is 0 Å². The van der Waals surface area contributed by atoms with Gasteiger partial charge < -0.3 is 9.80 Å². The van der Waals surface area contributed by atoms with E-state index in [1.54, 1.807) is 28.0 Å². The van der Waals surface area contributed by atoms with Crippen LogP contribution in [0.1, 0.15) is 43.5 Å². The lowest BCUT2D eigenvalue weighted by Crippen LogP contribution is -2.51. The molecule has 172 valence electrons. The SMILES string of the molecule is CCN(CC)C(=O)CN1CCN(C(=O)c2ccccc2S(=O)(=O)N2CCCCC2)CC1. The fraction of sp³-hybridized carbons (Fsp3) is 0.636. The number of rotatable bonds is 7. The molecule has 1 aromatic rings. The Bertz CT molecular complexity index is 871. The highest BCUT2D eigenvalue weighted by Crippen LogP contribution is 2.25. The fourth-order valence-electron chi connectivity index (χ4n) is 4.26. The predicted molar refractivity (Wildman–Crippen MR) is 119 cm³/mol. The van der Waals surface area contributed by atoms with E-state index in [1.807, 2.05) is 13.8 Å². The Morgan fingerprint density at radius 3 is 2.13 bits per heavy atom. The van der Waals surface area contributed by atoms with E-state index in [9.17, 15) is 18.0 Å². The second-order valence-corrected chi connectivity index (χ2v) is 10.0. The van der Waals surface area contributed by atoms with Crippen LogP contribution in [0.4, 0.5) is 0 Å². The van der Waals surface area contributed by atoms with Crippen LogP contribution in [0.15, 0.2) is 29.2 Å². The molecule has 31 heavy (non-hydrogen) atoms. The van der Waals surface area contributed by atoms with Gasteiger partial charge in [0.25, 0.3) is 5.91 Å². The normalized spacial score (nSPS) is 18.7. The van der Waals surface area contributed by atoms with Gasteiger partial charge in [0.2, 0.25) is 15.9 Å². The lowest BCUT2D eigenvalue weighted by Gasteiger charge is -2.35. The van der Waals surface area contributed by atoms with Crippen molar-refractivity contribution in [1.29, 1.82) is 0 Å². The molecule has 0 bridgehead atoms. The molecule has 2 aliphatic heterocycles. The summed E-state index contributed by atoms with van der Waals surface area (Å²) in [5.41, 5.74) is 0.237. The number of hydrogen-bond donors (Lipinski definition) is 0. The van der Waals surface area contributed by atoms with Crippen molar-refractivity contribution in [1.82, 2.24) is 19.0 Å². The molecule has 8 nitrogen and oxygen atoms in total. The van der Waals surface area contributed by atoms with Crippen LogP contribution in [0.5, 0.6) is 0 Å². The molecular formula is C22H34N4O4S. The van der Waals surface area contributed by atoms with Gasteiger partial charge in [0.05, 0.1) is 17.0 Å². The number of piperidine rings is 1. The Balaban J connectivity index is 1.67.